The fourth-order valence-corrected chi connectivity index (χ4v) is 19.2. The highest BCUT2D eigenvalue weighted by molar-refractivity contribution is 6.22. The molecule has 11 heterocycles. The predicted octanol–water partition coefficient (Wildman–Crippen LogP) is 30.1. The Labute approximate surface area is 798 Å². The van der Waals surface area contributed by atoms with E-state index < -0.39 is 0 Å². The Bertz CT molecular complexity index is 9300. The lowest BCUT2D eigenvalue weighted by molar-refractivity contribution is 1.07. The highest BCUT2D eigenvalue weighted by Gasteiger charge is 2.25. The van der Waals surface area contributed by atoms with Crippen molar-refractivity contribution in [2.75, 3.05) is 0 Å². The van der Waals surface area contributed by atoms with Gasteiger partial charge in [-0.2, -0.15) is 0 Å². The first kappa shape index (κ1) is 82.1. The van der Waals surface area contributed by atoms with Crippen molar-refractivity contribution in [1.82, 2.24) is 73.0 Å². The minimum Gasteiger partial charge on any atom is -0.298 e. The van der Waals surface area contributed by atoms with E-state index in [1.807, 2.05) is 134 Å². The topological polar surface area (TPSA) is 168 Å². The molecule has 0 aliphatic carbocycles. The van der Waals surface area contributed by atoms with Crippen LogP contribution in [-0.2, 0) is 0 Å². The second-order valence-corrected chi connectivity index (χ2v) is 34.8. The van der Waals surface area contributed by atoms with Crippen molar-refractivity contribution in [3.05, 3.63) is 466 Å². The van der Waals surface area contributed by atoms with E-state index in [0.717, 1.165) is 161 Å². The van der Waals surface area contributed by atoms with E-state index in [0.29, 0.717) is 34.9 Å². The van der Waals surface area contributed by atoms with E-state index in [-0.39, 0.29) is 0 Å². The Morgan fingerprint density at radius 1 is 0.158 bits per heavy atom. The second-order valence-electron chi connectivity index (χ2n) is 34.8. The van der Waals surface area contributed by atoms with Gasteiger partial charge in [-0.15, -0.1) is 0 Å². The van der Waals surface area contributed by atoms with Gasteiger partial charge in [-0.1, -0.05) is 387 Å². The summed E-state index contributed by atoms with van der Waals surface area (Å²) in [6.07, 6.45) is 6.17. The van der Waals surface area contributed by atoms with Gasteiger partial charge < -0.3 is 0 Å². The van der Waals surface area contributed by atoms with Crippen LogP contribution in [0.5, 0.6) is 0 Å². The number of rotatable bonds is 13. The second kappa shape index (κ2) is 34.9. The zero-order valence-electron chi connectivity index (χ0n) is 75.5. The third-order valence-corrected chi connectivity index (χ3v) is 26.1. The van der Waals surface area contributed by atoms with Crippen LogP contribution in [0.4, 0.5) is 0 Å². The largest absolute Gasteiger partial charge is 0.298 e. The number of benzene rings is 16. The molecule has 15 nitrogen and oxygen atoms in total. The third-order valence-electron chi connectivity index (χ3n) is 26.1. The fourth-order valence-electron chi connectivity index (χ4n) is 19.2. The first-order valence-corrected chi connectivity index (χ1v) is 46.5. The predicted molar refractivity (Wildman–Crippen MR) is 566 cm³/mol. The van der Waals surface area contributed by atoms with E-state index in [9.17, 15) is 0 Å². The maximum absolute atomic E-state index is 5.28. The third kappa shape index (κ3) is 15.3. The van der Waals surface area contributed by atoms with Crippen molar-refractivity contribution in [3.63, 3.8) is 0 Å². The van der Waals surface area contributed by atoms with Crippen LogP contribution in [-0.4, -0.2) is 73.0 Å². The van der Waals surface area contributed by atoms with Gasteiger partial charge in [0.25, 0.3) is 0 Å². The molecule has 27 aromatic rings. The number of nitrogens with zero attached hydrogens (tertiary/aromatic N) is 15. The summed E-state index contributed by atoms with van der Waals surface area (Å²) >= 11 is 0. The molecule has 15 heteroatoms. The van der Waals surface area contributed by atoms with E-state index in [2.05, 4.69) is 349 Å². The number of fused-ring (bicyclic) bond motifs is 17. The molecule has 0 aliphatic rings. The first-order chi connectivity index (χ1) is 68.7. The number of pyridine rings is 6. The lowest BCUT2D eigenvalue weighted by Crippen LogP contribution is -2.00. The van der Waals surface area contributed by atoms with Crippen molar-refractivity contribution in [3.8, 4) is 147 Å². The molecule has 0 bridgehead atoms. The van der Waals surface area contributed by atoms with Crippen LogP contribution in [0.3, 0.4) is 0 Å². The number of aromatic nitrogens is 15. The van der Waals surface area contributed by atoms with Crippen LogP contribution in [0.25, 0.3) is 251 Å². The number of aryl methyl sites for hydroxylation is 2. The Morgan fingerprint density at radius 3 is 0.727 bits per heavy atom. The fraction of sp³-hybridized carbons (Fsp3) is 0.0161. The minimum absolute atomic E-state index is 0.610. The molecule has 652 valence electrons. The molecule has 27 rings (SSSR count). The molecule has 0 saturated heterocycles. The normalized spacial score (nSPS) is 11.5. The van der Waals surface area contributed by atoms with Crippen LogP contribution in [0.1, 0.15) is 11.1 Å². The zero-order valence-corrected chi connectivity index (χ0v) is 75.5. The van der Waals surface area contributed by atoms with E-state index in [1.165, 1.54) is 66.1 Å². The number of hydrogen-bond acceptors (Lipinski definition) is 12. The van der Waals surface area contributed by atoms with Crippen LogP contribution >= 0.6 is 0 Å². The average Bonchev–Trinajstić information content (AvgIpc) is 1.67. The summed E-state index contributed by atoms with van der Waals surface area (Å²) in [5.41, 5.74) is 34.6. The first-order valence-electron chi connectivity index (χ1n) is 46.5. The molecule has 0 radical (unpaired) electrons. The number of hydrogen-bond donors (Lipinski definition) is 0. The van der Waals surface area contributed by atoms with Crippen LogP contribution in [0.2, 0.25) is 0 Å². The summed E-state index contributed by atoms with van der Waals surface area (Å²) in [6.45, 7) is 4.15. The van der Waals surface area contributed by atoms with E-state index in [1.54, 1.807) is 0 Å². The molecule has 0 spiro atoms. The summed E-state index contributed by atoms with van der Waals surface area (Å²) in [7, 11) is 0. The molecular formula is C124H81N15. The SMILES string of the molecule is Cc1ccc(-c2nc(-c3ccc(C)cc3)nc(-c3ccc(-c4nc5ccccc5c5nc6ccccn6c45)cc3)n2)cc1.c1ccc(-c2ccc(-c3c4ccccc4c(-c4cccc(-c5nc6ccccc6c6nc7ccccn7c56)c4)c4ccccc34)cc2)cc1.c1ccc(-c2ccc(-c3nc(-c4ccccc4)nc(-c4ccc(-c5nc6ccccc6c6nc7ccccn7c56)cc4)n3)cc2)cc1. The smallest absolute Gasteiger partial charge is 0.164 e. The quantitative estimate of drug-likeness (QED) is 0.100. The lowest BCUT2D eigenvalue weighted by atomic mass is 9.85. The molecule has 0 fully saturated rings. The van der Waals surface area contributed by atoms with Gasteiger partial charge in [-0.25, -0.2) is 59.8 Å². The zero-order chi connectivity index (χ0) is 92.4. The molecule has 0 aliphatic heterocycles. The van der Waals surface area contributed by atoms with Crippen LogP contribution in [0.15, 0.2) is 455 Å². The van der Waals surface area contributed by atoms with Gasteiger partial charge in [-0.05, 0) is 141 Å². The van der Waals surface area contributed by atoms with Gasteiger partial charge in [0.1, 0.15) is 33.5 Å². The van der Waals surface area contributed by atoms with Crippen molar-refractivity contribution in [1.29, 1.82) is 0 Å². The van der Waals surface area contributed by atoms with Gasteiger partial charge >= 0.3 is 0 Å². The Balaban J connectivity index is 0.000000111. The number of imidazole rings is 3. The highest BCUT2D eigenvalue weighted by Crippen LogP contribution is 2.47. The van der Waals surface area contributed by atoms with Crippen LogP contribution in [0, 0.1) is 13.8 Å². The van der Waals surface area contributed by atoms with Crippen molar-refractivity contribution in [2.24, 2.45) is 0 Å². The van der Waals surface area contributed by atoms with Crippen molar-refractivity contribution in [2.45, 2.75) is 13.8 Å². The van der Waals surface area contributed by atoms with Gasteiger partial charge in [0, 0.05) is 84.8 Å². The average molecular weight is 1780 g/mol. The Morgan fingerprint density at radius 2 is 0.388 bits per heavy atom. The molecular weight excluding hydrogens is 1700 g/mol. The highest BCUT2D eigenvalue weighted by atomic mass is 15.1. The van der Waals surface area contributed by atoms with Gasteiger partial charge in [0.05, 0.1) is 50.2 Å². The Hall–Kier alpha value is -18.9. The molecule has 0 atom stereocenters. The molecule has 0 amide bonds. The maximum Gasteiger partial charge on any atom is 0.164 e. The summed E-state index contributed by atoms with van der Waals surface area (Å²) in [4.78, 5) is 60.1. The van der Waals surface area contributed by atoms with Gasteiger partial charge in [0.2, 0.25) is 0 Å². The summed E-state index contributed by atoms with van der Waals surface area (Å²) in [5, 5.41) is 8.07. The maximum atomic E-state index is 5.28. The van der Waals surface area contributed by atoms with Crippen molar-refractivity contribution >= 4 is 104 Å². The van der Waals surface area contributed by atoms with Crippen molar-refractivity contribution < 1.29 is 0 Å². The molecule has 11 aromatic heterocycles. The molecule has 0 N–H and O–H groups in total. The lowest BCUT2D eigenvalue weighted by Gasteiger charge is -2.18. The molecule has 0 saturated carbocycles. The van der Waals surface area contributed by atoms with E-state index in [4.69, 9.17) is 59.8 Å². The summed E-state index contributed by atoms with van der Waals surface area (Å²) in [5.74, 6) is 3.78. The summed E-state index contributed by atoms with van der Waals surface area (Å²) < 4.78 is 6.40. The summed E-state index contributed by atoms with van der Waals surface area (Å²) in [6, 6.07) is 151. The molecule has 0 unspecified atom stereocenters. The van der Waals surface area contributed by atoms with Gasteiger partial charge in [-0.3, -0.25) is 13.2 Å². The molecule has 16 aromatic carbocycles. The van der Waals surface area contributed by atoms with Gasteiger partial charge in [0.15, 0.2) is 34.9 Å². The molecule has 139 heavy (non-hydrogen) atoms. The monoisotopic (exact) mass is 1780 g/mol. The standard InChI is InChI=1S/C46H29N3.C41H26N6.C37H26N6/c1-2-13-30(14-3-1)31-24-26-32(27-25-31)42-35-17-4-6-19-37(35)43(38-20-7-5-18-36(38)42)33-15-12-16-34(29-33)44-46-45(39-21-8-9-22-40(39)47-44)48-41-23-10-11-28-49(41)46;1-3-11-27(12-4-1)28-18-22-31(23-19-28)40-44-39(30-13-5-2-6-14-30)45-41(46-40)32-24-20-29(21-25-32)36-38-37(33-15-7-8-16-34(33)42-36)43-35-17-9-10-26-47(35)38;1-23-10-14-26(15-11-23)35-40-36(27-16-12-24(2)13-17-27)42-37(41-35)28-20-18-25(19-21-28)32-34-33(29-7-3-4-8-30(29)38-32)39-31-9-5-6-22-43(31)34/h1-29H;1-26H;3-22H,1-2H3. The van der Waals surface area contributed by atoms with E-state index >= 15 is 0 Å². The minimum atomic E-state index is 0.610. The van der Waals surface area contributed by atoms with Crippen LogP contribution < -0.4 is 0 Å². The Kier molecular flexibility index (Phi) is 20.6. The number of para-hydroxylation sites is 3.